The highest BCUT2D eigenvalue weighted by molar-refractivity contribution is 5.96. The van der Waals surface area contributed by atoms with Gasteiger partial charge in [-0.2, -0.15) is 0 Å². The van der Waals surface area contributed by atoms with Gasteiger partial charge in [0, 0.05) is 0 Å². The van der Waals surface area contributed by atoms with Crippen LogP contribution < -0.4 is 5.43 Å². The summed E-state index contributed by atoms with van der Waals surface area (Å²) in [4.78, 5) is 12.4. The first-order valence-corrected chi connectivity index (χ1v) is 5.87. The van der Waals surface area contributed by atoms with Gasteiger partial charge in [0.2, 0.25) is 5.43 Å². The summed E-state index contributed by atoms with van der Waals surface area (Å²) in [5.41, 5.74) is 1.80. The van der Waals surface area contributed by atoms with Gasteiger partial charge in [-0.05, 0) is 43.2 Å². The van der Waals surface area contributed by atoms with E-state index in [9.17, 15) is 15.0 Å². The molecule has 0 aliphatic carbocycles. The molecule has 0 saturated heterocycles. The number of hydrogen-bond donors (Lipinski definition) is 2. The third-order valence-corrected chi connectivity index (χ3v) is 3.22. The van der Waals surface area contributed by atoms with Crippen molar-refractivity contribution in [1.29, 1.82) is 0 Å². The lowest BCUT2D eigenvalue weighted by molar-refractivity contribution is 0.477. The van der Waals surface area contributed by atoms with Gasteiger partial charge in [-0.25, -0.2) is 0 Å². The fourth-order valence-electron chi connectivity index (χ4n) is 2.31. The van der Waals surface area contributed by atoms with E-state index in [1.54, 1.807) is 26.0 Å². The first-order chi connectivity index (χ1) is 8.99. The molecule has 2 aromatic carbocycles. The zero-order valence-electron chi connectivity index (χ0n) is 10.5. The molecule has 3 rings (SSSR count). The van der Waals surface area contributed by atoms with Gasteiger partial charge in [-0.3, -0.25) is 4.79 Å². The Morgan fingerprint density at radius 3 is 2.47 bits per heavy atom. The van der Waals surface area contributed by atoms with Gasteiger partial charge in [-0.15, -0.1) is 0 Å². The van der Waals surface area contributed by atoms with E-state index in [0.29, 0.717) is 11.2 Å². The molecule has 96 valence electrons. The lowest BCUT2D eigenvalue weighted by Crippen LogP contribution is -2.03. The monoisotopic (exact) mass is 256 g/mol. The molecule has 4 heteroatoms. The second-order valence-corrected chi connectivity index (χ2v) is 4.69. The maximum Gasteiger partial charge on any atom is 0.208 e. The van der Waals surface area contributed by atoms with Gasteiger partial charge in [0.05, 0.1) is 0 Å². The van der Waals surface area contributed by atoms with E-state index in [4.69, 9.17) is 4.42 Å². The molecule has 3 aromatic rings. The van der Waals surface area contributed by atoms with Crippen LogP contribution in [0.3, 0.4) is 0 Å². The fourth-order valence-corrected chi connectivity index (χ4v) is 2.31. The van der Waals surface area contributed by atoms with E-state index in [1.807, 2.05) is 0 Å². The van der Waals surface area contributed by atoms with Gasteiger partial charge in [0.15, 0.2) is 0 Å². The normalized spacial score (nSPS) is 11.3. The van der Waals surface area contributed by atoms with Crippen molar-refractivity contribution < 1.29 is 14.6 Å². The molecule has 1 aromatic heterocycles. The first kappa shape index (κ1) is 11.6. The van der Waals surface area contributed by atoms with Crippen LogP contribution in [0.25, 0.3) is 21.9 Å². The predicted molar refractivity (Wildman–Crippen MR) is 72.8 cm³/mol. The van der Waals surface area contributed by atoms with E-state index >= 15 is 0 Å². The minimum Gasteiger partial charge on any atom is -0.507 e. The molecule has 0 radical (unpaired) electrons. The Kier molecular flexibility index (Phi) is 2.29. The Labute approximate surface area is 108 Å². The summed E-state index contributed by atoms with van der Waals surface area (Å²) in [7, 11) is 0. The minimum atomic E-state index is -0.421. The van der Waals surface area contributed by atoms with Gasteiger partial charge in [-0.1, -0.05) is 6.07 Å². The number of phenols is 2. The molecule has 0 spiro atoms. The first-order valence-electron chi connectivity index (χ1n) is 5.87. The third kappa shape index (κ3) is 1.57. The molecule has 2 N–H and O–H groups in total. The van der Waals surface area contributed by atoms with Crippen molar-refractivity contribution in [3.8, 4) is 11.5 Å². The number of benzene rings is 2. The average molecular weight is 256 g/mol. The summed E-state index contributed by atoms with van der Waals surface area (Å²) in [6.07, 6.45) is 0. The maximum atomic E-state index is 12.4. The highest BCUT2D eigenvalue weighted by Gasteiger charge is 2.16. The summed E-state index contributed by atoms with van der Waals surface area (Å²) in [6, 6.07) is 6.32. The molecular weight excluding hydrogens is 244 g/mol. The van der Waals surface area contributed by atoms with Crippen LogP contribution >= 0.6 is 0 Å². The summed E-state index contributed by atoms with van der Waals surface area (Å²) < 4.78 is 5.68. The van der Waals surface area contributed by atoms with Crippen molar-refractivity contribution in [2.75, 3.05) is 0 Å². The fraction of sp³-hybridized carbons (Fsp3) is 0.133. The Bertz CT molecular complexity index is 875. The van der Waals surface area contributed by atoms with Gasteiger partial charge in [0.25, 0.3) is 0 Å². The van der Waals surface area contributed by atoms with Crippen LogP contribution in [0, 0.1) is 13.8 Å². The SMILES string of the molecule is Cc1cc(O)c2c(=O)c3c(O)ccc(C)c3oc2c1. The number of phenolic OH excluding ortho intramolecular Hbond substituents is 2. The molecule has 0 unspecified atom stereocenters. The number of rotatable bonds is 0. The average Bonchev–Trinajstić information content (AvgIpc) is 2.32. The van der Waals surface area contributed by atoms with Crippen molar-refractivity contribution in [1.82, 2.24) is 0 Å². The van der Waals surface area contributed by atoms with Crippen molar-refractivity contribution in [3.63, 3.8) is 0 Å². The summed E-state index contributed by atoms with van der Waals surface area (Å²) >= 11 is 0. The molecule has 0 saturated carbocycles. The summed E-state index contributed by atoms with van der Waals surface area (Å²) in [5.74, 6) is -0.275. The van der Waals surface area contributed by atoms with Gasteiger partial charge >= 0.3 is 0 Å². The highest BCUT2D eigenvalue weighted by atomic mass is 16.3. The van der Waals surface area contributed by atoms with Crippen molar-refractivity contribution in [3.05, 3.63) is 45.6 Å². The number of hydrogen-bond acceptors (Lipinski definition) is 4. The number of aryl methyl sites for hydroxylation is 2. The van der Waals surface area contributed by atoms with Crippen molar-refractivity contribution >= 4 is 21.9 Å². The Balaban J connectivity index is 2.69. The Morgan fingerprint density at radius 1 is 1.00 bits per heavy atom. The van der Waals surface area contributed by atoms with Crippen LogP contribution in [0.5, 0.6) is 11.5 Å². The molecule has 0 aliphatic rings. The van der Waals surface area contributed by atoms with Crippen LogP contribution in [-0.2, 0) is 0 Å². The molecular formula is C15H12O4. The van der Waals surface area contributed by atoms with Crippen molar-refractivity contribution in [2.24, 2.45) is 0 Å². The number of aromatic hydroxyl groups is 2. The lowest BCUT2D eigenvalue weighted by Gasteiger charge is -2.07. The Hall–Kier alpha value is -2.49. The van der Waals surface area contributed by atoms with E-state index in [2.05, 4.69) is 0 Å². The highest BCUT2D eigenvalue weighted by Crippen LogP contribution is 2.31. The quantitative estimate of drug-likeness (QED) is 0.606. The molecule has 19 heavy (non-hydrogen) atoms. The van der Waals surface area contributed by atoms with Crippen molar-refractivity contribution in [2.45, 2.75) is 13.8 Å². The third-order valence-electron chi connectivity index (χ3n) is 3.22. The maximum absolute atomic E-state index is 12.4. The molecule has 1 heterocycles. The number of fused-ring (bicyclic) bond motifs is 2. The second kappa shape index (κ2) is 3.75. The van der Waals surface area contributed by atoms with E-state index in [1.165, 1.54) is 12.1 Å². The zero-order valence-corrected chi connectivity index (χ0v) is 10.5. The van der Waals surface area contributed by atoms with Crippen LogP contribution in [0.15, 0.2) is 33.5 Å². The lowest BCUT2D eigenvalue weighted by atomic mass is 10.1. The van der Waals surface area contributed by atoms with Crippen LogP contribution in [-0.4, -0.2) is 10.2 Å². The van der Waals surface area contributed by atoms with Gasteiger partial charge in [0.1, 0.15) is 33.4 Å². The largest absolute Gasteiger partial charge is 0.507 e. The summed E-state index contributed by atoms with van der Waals surface area (Å²) in [5, 5.41) is 20.0. The topological polar surface area (TPSA) is 70.7 Å². The Morgan fingerprint density at radius 2 is 1.74 bits per heavy atom. The molecule has 0 atom stereocenters. The van der Waals surface area contributed by atoms with Crippen LogP contribution in [0.4, 0.5) is 0 Å². The van der Waals surface area contributed by atoms with Crippen LogP contribution in [0.2, 0.25) is 0 Å². The predicted octanol–water partition coefficient (Wildman–Crippen LogP) is 2.97. The molecule has 0 aliphatic heterocycles. The van der Waals surface area contributed by atoms with E-state index < -0.39 is 5.43 Å². The molecule has 0 amide bonds. The summed E-state index contributed by atoms with van der Waals surface area (Å²) in [6.45, 7) is 3.60. The van der Waals surface area contributed by atoms with E-state index in [-0.39, 0.29) is 22.3 Å². The standard InChI is InChI=1S/C15H12O4/c1-7-5-10(17)12-11(6-7)19-15-8(2)3-4-9(16)13(15)14(12)18/h3-6,16-17H,1-2H3. The van der Waals surface area contributed by atoms with E-state index in [0.717, 1.165) is 11.1 Å². The van der Waals surface area contributed by atoms with Crippen LogP contribution in [0.1, 0.15) is 11.1 Å². The smallest absolute Gasteiger partial charge is 0.208 e. The minimum absolute atomic E-state index is 0.0963. The molecule has 4 nitrogen and oxygen atoms in total. The second-order valence-electron chi connectivity index (χ2n) is 4.69. The molecule has 0 bridgehead atoms. The molecule has 0 fully saturated rings. The zero-order chi connectivity index (χ0) is 13.7. The van der Waals surface area contributed by atoms with Gasteiger partial charge < -0.3 is 14.6 Å².